The summed E-state index contributed by atoms with van der Waals surface area (Å²) in [5.41, 5.74) is 2.71. The number of benzene rings is 1. The maximum atomic E-state index is 12.8. The van der Waals surface area contributed by atoms with Gasteiger partial charge in [-0.15, -0.1) is 0 Å². The maximum Gasteiger partial charge on any atom is 0.417 e. The van der Waals surface area contributed by atoms with E-state index in [1.807, 2.05) is 41.2 Å². The molecule has 0 atom stereocenters. The smallest absolute Gasteiger partial charge is 0.417 e. The number of aryl methyl sites for hydroxylation is 1. The van der Waals surface area contributed by atoms with E-state index in [2.05, 4.69) is 40.7 Å². The van der Waals surface area contributed by atoms with Crippen molar-refractivity contribution in [3.05, 3.63) is 59.4 Å². The molecule has 0 N–H and O–H groups in total. The third-order valence-electron chi connectivity index (χ3n) is 7.74. The molecular formula is C36H57IN2O4. The van der Waals surface area contributed by atoms with E-state index in [4.69, 9.17) is 9.47 Å². The lowest BCUT2D eigenvalue weighted by molar-refractivity contribution is -0.693. The van der Waals surface area contributed by atoms with Crippen LogP contribution >= 0.6 is 0 Å². The Morgan fingerprint density at radius 1 is 0.791 bits per heavy atom. The molecule has 0 aliphatic rings. The van der Waals surface area contributed by atoms with Gasteiger partial charge in [-0.25, -0.2) is 14.3 Å². The van der Waals surface area contributed by atoms with Gasteiger partial charge in [-0.2, -0.15) is 0 Å². The van der Waals surface area contributed by atoms with Gasteiger partial charge in [0.2, 0.25) is 5.91 Å². The highest BCUT2D eigenvalue weighted by Crippen LogP contribution is 2.32. The number of aromatic nitrogens is 1. The average Bonchev–Trinajstić information content (AvgIpc) is 2.97. The number of carbonyl (C=O) groups excluding carboxylic acids is 2. The van der Waals surface area contributed by atoms with Crippen LogP contribution in [0.15, 0.2) is 42.7 Å². The van der Waals surface area contributed by atoms with Crippen molar-refractivity contribution in [2.24, 2.45) is 0 Å². The number of pyridine rings is 1. The predicted octanol–water partition coefficient (Wildman–Crippen LogP) is 6.06. The fourth-order valence-electron chi connectivity index (χ4n) is 5.02. The monoisotopic (exact) mass is 708 g/mol. The number of unbranched alkanes of at least 4 members (excludes halogenated alkanes) is 11. The van der Waals surface area contributed by atoms with Gasteiger partial charge in [-0.3, -0.25) is 4.79 Å². The van der Waals surface area contributed by atoms with E-state index < -0.39 is 6.09 Å². The lowest BCUT2D eigenvalue weighted by Gasteiger charge is -2.24. The van der Waals surface area contributed by atoms with Crippen LogP contribution in [0.2, 0.25) is 0 Å². The summed E-state index contributed by atoms with van der Waals surface area (Å²) in [5.74, 6) is 0.545. The molecule has 7 heteroatoms. The summed E-state index contributed by atoms with van der Waals surface area (Å²) < 4.78 is 13.8. The zero-order chi connectivity index (χ0) is 30.8. The molecule has 2 rings (SSSR count). The fraction of sp³-hybridized carbons (Fsp3) is 0.639. The zero-order valence-electron chi connectivity index (χ0n) is 27.8. The first-order valence-electron chi connectivity index (χ1n) is 16.3. The van der Waals surface area contributed by atoms with E-state index >= 15 is 0 Å². The van der Waals surface area contributed by atoms with Crippen molar-refractivity contribution in [1.82, 2.24) is 4.90 Å². The minimum absolute atomic E-state index is 0. The lowest BCUT2D eigenvalue weighted by Crippen LogP contribution is -3.00. The van der Waals surface area contributed by atoms with Crippen LogP contribution in [-0.2, 0) is 34.6 Å². The predicted molar refractivity (Wildman–Crippen MR) is 170 cm³/mol. The fourth-order valence-corrected chi connectivity index (χ4v) is 5.02. The average molecular weight is 709 g/mol. The van der Waals surface area contributed by atoms with Crippen LogP contribution in [0, 0.1) is 0 Å². The molecule has 0 aliphatic carbocycles. The van der Waals surface area contributed by atoms with Crippen LogP contribution in [0.25, 0.3) is 0 Å². The summed E-state index contributed by atoms with van der Waals surface area (Å²) in [6.07, 6.45) is 19.1. The van der Waals surface area contributed by atoms with Crippen LogP contribution in [0.4, 0.5) is 4.79 Å². The molecule has 0 bridgehead atoms. The molecule has 0 saturated heterocycles. The minimum atomic E-state index is -0.640. The number of carbonyl (C=O) groups is 2. The number of rotatable bonds is 19. The first kappa shape index (κ1) is 38.9. The number of nitrogens with zero attached hydrogens (tertiary/aromatic N) is 2. The Morgan fingerprint density at radius 3 is 1.86 bits per heavy atom. The van der Waals surface area contributed by atoms with Crippen LogP contribution in [0.1, 0.15) is 135 Å². The number of hydrogen-bond donors (Lipinski definition) is 0. The molecule has 0 radical (unpaired) electrons. The quantitative estimate of drug-likeness (QED) is 0.101. The van der Waals surface area contributed by atoms with Crippen molar-refractivity contribution in [1.29, 1.82) is 0 Å². The van der Waals surface area contributed by atoms with Gasteiger partial charge in [0.05, 0.1) is 13.2 Å². The molecule has 242 valence electrons. The van der Waals surface area contributed by atoms with Crippen molar-refractivity contribution >= 4 is 12.0 Å². The molecule has 2 aromatic rings. The van der Waals surface area contributed by atoms with Crippen LogP contribution in [0.3, 0.4) is 0 Å². The van der Waals surface area contributed by atoms with E-state index in [0.29, 0.717) is 6.61 Å². The second kappa shape index (κ2) is 21.5. The zero-order valence-corrected chi connectivity index (χ0v) is 29.9. The Balaban J connectivity index is 0.00000924. The van der Waals surface area contributed by atoms with Crippen molar-refractivity contribution in [3.63, 3.8) is 0 Å². The molecular weight excluding hydrogens is 651 g/mol. The SMILES string of the molecule is CCCCCCCCCCCCCCOc1ccc(COC(=O)N(Cc2cc[n+](CC)cc2)C(C)=O)cc1C(C)(C)C.[I-]. The van der Waals surface area contributed by atoms with E-state index in [9.17, 15) is 9.59 Å². The third kappa shape index (κ3) is 15.4. The molecule has 1 heterocycles. The topological polar surface area (TPSA) is 59.7 Å². The summed E-state index contributed by atoms with van der Waals surface area (Å²) in [6, 6.07) is 9.82. The summed E-state index contributed by atoms with van der Waals surface area (Å²) in [5, 5.41) is 0. The maximum absolute atomic E-state index is 12.8. The molecule has 6 nitrogen and oxygen atoms in total. The Labute approximate surface area is 278 Å². The second-order valence-electron chi connectivity index (χ2n) is 12.5. The molecule has 0 aliphatic heterocycles. The number of ether oxygens (including phenoxy) is 2. The van der Waals surface area contributed by atoms with Crippen molar-refractivity contribution < 1.29 is 47.6 Å². The lowest BCUT2D eigenvalue weighted by atomic mass is 9.85. The van der Waals surface area contributed by atoms with E-state index in [1.54, 1.807) is 0 Å². The van der Waals surface area contributed by atoms with Gasteiger partial charge in [0, 0.05) is 19.1 Å². The molecule has 0 spiro atoms. The first-order chi connectivity index (χ1) is 20.2. The Morgan fingerprint density at radius 2 is 1.35 bits per heavy atom. The van der Waals surface area contributed by atoms with Crippen molar-refractivity contribution in [2.45, 2.75) is 144 Å². The largest absolute Gasteiger partial charge is 1.00 e. The van der Waals surface area contributed by atoms with Gasteiger partial charge in [-0.05, 0) is 47.6 Å². The summed E-state index contributed by atoms with van der Waals surface area (Å²) in [7, 11) is 0. The second-order valence-corrected chi connectivity index (χ2v) is 12.5. The number of imide groups is 1. The van der Waals surface area contributed by atoms with Crippen LogP contribution in [0.5, 0.6) is 5.75 Å². The first-order valence-corrected chi connectivity index (χ1v) is 16.3. The van der Waals surface area contributed by atoms with Gasteiger partial charge in [0.25, 0.3) is 0 Å². The van der Waals surface area contributed by atoms with E-state index in [0.717, 1.165) is 40.3 Å². The highest BCUT2D eigenvalue weighted by atomic mass is 127. The minimum Gasteiger partial charge on any atom is -1.00 e. The van der Waals surface area contributed by atoms with E-state index in [-0.39, 0.29) is 48.5 Å². The summed E-state index contributed by atoms with van der Waals surface area (Å²) in [4.78, 5) is 26.2. The Hall–Kier alpha value is -2.16. The Kier molecular flexibility index (Phi) is 19.5. The van der Waals surface area contributed by atoms with Gasteiger partial charge in [-0.1, -0.05) is 104 Å². The number of hydrogen-bond acceptors (Lipinski definition) is 4. The molecule has 0 saturated carbocycles. The van der Waals surface area contributed by atoms with Crippen LogP contribution in [-0.4, -0.2) is 23.5 Å². The van der Waals surface area contributed by atoms with Crippen LogP contribution < -0.4 is 33.3 Å². The van der Waals surface area contributed by atoms with Gasteiger partial charge in [0.15, 0.2) is 12.4 Å². The number of halogens is 1. The third-order valence-corrected chi connectivity index (χ3v) is 7.74. The molecule has 1 aromatic carbocycles. The summed E-state index contributed by atoms with van der Waals surface area (Å²) >= 11 is 0. The highest BCUT2D eigenvalue weighted by Gasteiger charge is 2.23. The Bertz CT molecular complexity index is 1070. The molecule has 0 unspecified atom stereocenters. The normalized spacial score (nSPS) is 11.1. The van der Waals surface area contributed by atoms with Gasteiger partial charge < -0.3 is 33.5 Å². The number of amides is 2. The molecule has 0 fully saturated rings. The standard InChI is InChI=1S/C36H57N2O4.HI/c1-7-9-10-11-12-13-14-15-16-17-18-19-26-41-34-21-20-32(27-33(34)36(4,5)6)29-42-35(40)38(30(3)39)28-31-22-24-37(8-2)25-23-31;/h20-25,27H,7-19,26,28-29H2,1-6H3;1H/q+1;/p-1. The summed E-state index contributed by atoms with van der Waals surface area (Å²) in [6.45, 7) is 14.0. The van der Waals surface area contributed by atoms with Gasteiger partial charge >= 0.3 is 6.09 Å². The molecule has 2 amide bonds. The van der Waals surface area contributed by atoms with Crippen molar-refractivity contribution in [2.75, 3.05) is 6.61 Å². The van der Waals surface area contributed by atoms with E-state index in [1.165, 1.54) is 77.6 Å². The molecule has 43 heavy (non-hydrogen) atoms. The van der Waals surface area contributed by atoms with Crippen molar-refractivity contribution in [3.8, 4) is 5.75 Å². The highest BCUT2D eigenvalue weighted by molar-refractivity contribution is 5.90. The van der Waals surface area contributed by atoms with Gasteiger partial charge in [0.1, 0.15) is 18.9 Å². The molecule has 1 aromatic heterocycles.